The fourth-order valence-electron chi connectivity index (χ4n) is 1.80. The van der Waals surface area contributed by atoms with Gasteiger partial charge in [0, 0.05) is 10.9 Å². The highest BCUT2D eigenvalue weighted by atomic mass is 32.2. The van der Waals surface area contributed by atoms with Gasteiger partial charge in [0.25, 0.3) is 0 Å². The molecule has 8 heteroatoms. The van der Waals surface area contributed by atoms with Gasteiger partial charge in [-0.1, -0.05) is 12.1 Å². The lowest BCUT2D eigenvalue weighted by molar-refractivity contribution is -0.144. The van der Waals surface area contributed by atoms with Crippen molar-refractivity contribution in [1.82, 2.24) is 4.98 Å². The summed E-state index contributed by atoms with van der Waals surface area (Å²) in [4.78, 5) is 16.2. The third-order valence-corrected chi connectivity index (χ3v) is 4.97. The Morgan fingerprint density at radius 2 is 2.00 bits per heavy atom. The summed E-state index contributed by atoms with van der Waals surface area (Å²) in [5, 5.41) is 7.53. The minimum atomic E-state index is -3.71. The van der Waals surface area contributed by atoms with E-state index in [0.29, 0.717) is 17.3 Å². The summed E-state index contributed by atoms with van der Waals surface area (Å²) < 4.78 is 27.4. The van der Waals surface area contributed by atoms with Crippen LogP contribution in [0, 0.1) is 0 Å². The molecule has 2 N–H and O–H groups in total. The Morgan fingerprint density at radius 3 is 2.55 bits per heavy atom. The number of carbonyl (C=O) groups is 1. The second-order valence-electron chi connectivity index (χ2n) is 4.61. The summed E-state index contributed by atoms with van der Waals surface area (Å²) in [5.41, 5.74) is 1.43. The monoisotopic (exact) mass is 340 g/mol. The van der Waals surface area contributed by atoms with Crippen LogP contribution < -0.4 is 5.14 Å². The van der Waals surface area contributed by atoms with Crippen LogP contribution in [-0.4, -0.2) is 26.0 Å². The van der Waals surface area contributed by atoms with Gasteiger partial charge in [-0.3, -0.25) is 4.79 Å². The maximum absolute atomic E-state index is 11.7. The van der Waals surface area contributed by atoms with Gasteiger partial charge in [0.1, 0.15) is 10.9 Å². The number of carbonyl (C=O) groups excluding carboxylic acids is 1. The molecule has 1 heterocycles. The lowest BCUT2D eigenvalue weighted by Crippen LogP contribution is -2.12. The van der Waals surface area contributed by atoms with E-state index in [9.17, 15) is 13.2 Å². The quantitative estimate of drug-likeness (QED) is 0.841. The number of rotatable bonds is 5. The topological polar surface area (TPSA) is 99.3 Å². The number of esters is 1. The average Bonchev–Trinajstić information content (AvgIpc) is 2.95. The van der Waals surface area contributed by atoms with Crippen LogP contribution in [0.2, 0.25) is 0 Å². The van der Waals surface area contributed by atoms with E-state index in [4.69, 9.17) is 9.88 Å². The van der Waals surface area contributed by atoms with Crippen LogP contribution in [0.15, 0.2) is 34.5 Å². The zero-order valence-corrected chi connectivity index (χ0v) is 13.8. The van der Waals surface area contributed by atoms with Crippen molar-refractivity contribution in [2.24, 2.45) is 5.14 Å². The molecule has 0 aliphatic carbocycles. The molecule has 0 bridgehead atoms. The minimum Gasteiger partial charge on any atom is -0.465 e. The highest BCUT2D eigenvalue weighted by Crippen LogP contribution is 2.27. The van der Waals surface area contributed by atoms with Crippen molar-refractivity contribution in [2.45, 2.75) is 24.7 Å². The fraction of sp³-hybridized carbons (Fsp3) is 0.286. The second-order valence-corrected chi connectivity index (χ2v) is 7.07. The molecule has 0 saturated heterocycles. The molecule has 1 atom stereocenters. The Labute approximate surface area is 133 Å². The van der Waals surface area contributed by atoms with Crippen molar-refractivity contribution < 1.29 is 17.9 Å². The molecule has 0 aliphatic rings. The summed E-state index contributed by atoms with van der Waals surface area (Å²) in [7, 11) is -3.71. The van der Waals surface area contributed by atoms with E-state index < -0.39 is 15.9 Å². The molecule has 2 rings (SSSR count). The van der Waals surface area contributed by atoms with Crippen molar-refractivity contribution in [3.63, 3.8) is 0 Å². The van der Waals surface area contributed by atoms with E-state index in [1.807, 2.05) is 5.38 Å². The molecule has 0 aliphatic heterocycles. The maximum atomic E-state index is 11.7. The zero-order chi connectivity index (χ0) is 16.3. The smallest absolute Gasteiger partial charge is 0.315 e. The molecule has 0 amide bonds. The first-order valence-corrected chi connectivity index (χ1v) is 9.00. The number of sulfonamides is 1. The Hall–Kier alpha value is -1.77. The normalized spacial score (nSPS) is 12.9. The molecule has 0 spiro atoms. The molecule has 2 aromatic rings. The fourth-order valence-corrected chi connectivity index (χ4v) is 3.19. The number of nitrogens with two attached hydrogens (primary N) is 1. The highest BCUT2D eigenvalue weighted by molar-refractivity contribution is 7.89. The first-order valence-electron chi connectivity index (χ1n) is 6.58. The zero-order valence-electron chi connectivity index (χ0n) is 12.1. The summed E-state index contributed by atoms with van der Waals surface area (Å²) in [5.74, 6) is -0.740. The number of thiazole rings is 1. The van der Waals surface area contributed by atoms with Gasteiger partial charge < -0.3 is 4.74 Å². The Morgan fingerprint density at radius 1 is 1.36 bits per heavy atom. The van der Waals surface area contributed by atoms with Crippen molar-refractivity contribution in [2.75, 3.05) is 6.61 Å². The third-order valence-electron chi connectivity index (χ3n) is 3.01. The number of benzene rings is 1. The molecule has 1 aromatic carbocycles. The van der Waals surface area contributed by atoms with Gasteiger partial charge in [0.2, 0.25) is 10.0 Å². The van der Waals surface area contributed by atoms with Gasteiger partial charge in [-0.2, -0.15) is 0 Å². The van der Waals surface area contributed by atoms with Gasteiger partial charge in [0.05, 0.1) is 17.2 Å². The van der Waals surface area contributed by atoms with Crippen LogP contribution >= 0.6 is 11.3 Å². The van der Waals surface area contributed by atoms with E-state index in [0.717, 1.165) is 5.56 Å². The van der Waals surface area contributed by atoms with Crippen molar-refractivity contribution in [1.29, 1.82) is 0 Å². The second kappa shape index (κ2) is 6.55. The molecule has 0 unspecified atom stereocenters. The largest absolute Gasteiger partial charge is 0.465 e. The molecule has 6 nitrogen and oxygen atoms in total. The Kier molecular flexibility index (Phi) is 4.94. The van der Waals surface area contributed by atoms with Crippen molar-refractivity contribution >= 4 is 27.3 Å². The number of ether oxygens (including phenoxy) is 1. The van der Waals surface area contributed by atoms with Crippen LogP contribution in [-0.2, 0) is 19.6 Å². The molecule has 22 heavy (non-hydrogen) atoms. The summed E-state index contributed by atoms with van der Waals surface area (Å²) in [6, 6.07) is 6.12. The van der Waals surface area contributed by atoms with Gasteiger partial charge in [-0.25, -0.2) is 18.5 Å². The highest BCUT2D eigenvalue weighted by Gasteiger charge is 2.20. The van der Waals surface area contributed by atoms with Gasteiger partial charge in [-0.05, 0) is 26.0 Å². The van der Waals surface area contributed by atoms with Crippen LogP contribution in [0.3, 0.4) is 0 Å². The Balaban J connectivity index is 2.23. The maximum Gasteiger partial charge on any atom is 0.315 e. The van der Waals surface area contributed by atoms with Gasteiger partial charge in [0.15, 0.2) is 0 Å². The van der Waals surface area contributed by atoms with Gasteiger partial charge in [-0.15, -0.1) is 11.3 Å². The lowest BCUT2D eigenvalue weighted by Gasteiger charge is -2.06. The van der Waals surface area contributed by atoms with Crippen molar-refractivity contribution in [3.05, 3.63) is 34.7 Å². The lowest BCUT2D eigenvalue weighted by atomic mass is 10.1. The number of nitrogens with zero attached hydrogens (tertiary/aromatic N) is 1. The number of primary sulfonamides is 1. The number of hydrogen-bond acceptors (Lipinski definition) is 6. The minimum absolute atomic E-state index is 0.0478. The predicted molar refractivity (Wildman–Crippen MR) is 84.0 cm³/mol. The van der Waals surface area contributed by atoms with Crippen LogP contribution in [0.5, 0.6) is 0 Å². The molecule has 0 radical (unpaired) electrons. The number of aromatic nitrogens is 1. The molecule has 0 saturated carbocycles. The molecular weight excluding hydrogens is 324 g/mol. The first kappa shape index (κ1) is 16.6. The third kappa shape index (κ3) is 3.70. The number of hydrogen-bond donors (Lipinski definition) is 1. The van der Waals surface area contributed by atoms with E-state index in [-0.39, 0.29) is 10.9 Å². The summed E-state index contributed by atoms with van der Waals surface area (Å²) >= 11 is 1.36. The Bertz CT molecular complexity index is 766. The molecule has 1 aromatic heterocycles. The molecule has 0 fully saturated rings. The first-order chi connectivity index (χ1) is 10.3. The van der Waals surface area contributed by atoms with Crippen LogP contribution in [0.1, 0.15) is 24.8 Å². The standard InChI is InChI=1S/C14H16N2O4S2/c1-3-20-14(17)9(2)13-16-12(8-21-13)10-4-6-11(7-5-10)22(15,18)19/h4-9H,3H2,1-2H3,(H2,15,18,19)/t9-/m1/s1. The van der Waals surface area contributed by atoms with E-state index in [1.54, 1.807) is 26.0 Å². The average molecular weight is 340 g/mol. The predicted octanol–water partition coefficient (Wildman–Crippen LogP) is 2.12. The molecular formula is C14H16N2O4S2. The van der Waals surface area contributed by atoms with Gasteiger partial charge >= 0.3 is 5.97 Å². The van der Waals surface area contributed by atoms with E-state index >= 15 is 0 Å². The molecule has 118 valence electrons. The van der Waals surface area contributed by atoms with Crippen LogP contribution in [0.25, 0.3) is 11.3 Å². The SMILES string of the molecule is CCOC(=O)[C@H](C)c1nc(-c2ccc(S(N)(=O)=O)cc2)cs1. The van der Waals surface area contributed by atoms with E-state index in [2.05, 4.69) is 4.98 Å². The summed E-state index contributed by atoms with van der Waals surface area (Å²) in [6.07, 6.45) is 0. The van der Waals surface area contributed by atoms with Crippen molar-refractivity contribution in [3.8, 4) is 11.3 Å². The van der Waals surface area contributed by atoms with Crippen LogP contribution in [0.4, 0.5) is 0 Å². The van der Waals surface area contributed by atoms with E-state index in [1.165, 1.54) is 23.5 Å². The summed E-state index contributed by atoms with van der Waals surface area (Å²) in [6.45, 7) is 3.83.